The second-order valence-corrected chi connectivity index (χ2v) is 5.83. The van der Waals surface area contributed by atoms with Gasteiger partial charge in [-0.2, -0.15) is 40.8 Å². The second kappa shape index (κ2) is 8.31. The molecule has 8 nitrogen and oxygen atoms in total. The topological polar surface area (TPSA) is 82.4 Å². The predicted molar refractivity (Wildman–Crippen MR) is 85.9 cm³/mol. The van der Waals surface area contributed by atoms with Crippen LogP contribution >= 0.6 is 0 Å². The SMILES string of the molecule is COc1cnn(-c2ccnc(N(C)CC(=O)OCC(F)(F)C(F)(F)C(F)(F)F)n2)c1. The maximum atomic E-state index is 13.2. The molecule has 2 aromatic heterocycles. The van der Waals surface area contributed by atoms with Crippen molar-refractivity contribution in [2.45, 2.75) is 18.0 Å². The molecule has 0 radical (unpaired) electrons. The van der Waals surface area contributed by atoms with Crippen molar-refractivity contribution in [2.24, 2.45) is 0 Å². The van der Waals surface area contributed by atoms with Crippen LogP contribution in [0.5, 0.6) is 5.75 Å². The standard InChI is InChI=1S/C15H14F7N5O3/c1-26(7-11(28)30-8-13(16,17)14(18,19)15(20,21)22)12-23-4-3-10(25-12)27-6-9(29-2)5-24-27/h3-6H,7-8H2,1-2H3. The number of hydrogen-bond acceptors (Lipinski definition) is 7. The lowest BCUT2D eigenvalue weighted by atomic mass is 10.2. The highest BCUT2D eigenvalue weighted by Crippen LogP contribution is 2.46. The minimum Gasteiger partial charge on any atom is -0.493 e. The summed E-state index contributed by atoms with van der Waals surface area (Å²) >= 11 is 0. The number of carbonyl (C=O) groups is 1. The number of halogens is 7. The number of esters is 1. The zero-order chi connectivity index (χ0) is 22.7. The smallest absolute Gasteiger partial charge is 0.460 e. The van der Waals surface area contributed by atoms with E-state index in [2.05, 4.69) is 19.8 Å². The van der Waals surface area contributed by atoms with Gasteiger partial charge in [0.2, 0.25) is 5.95 Å². The first-order chi connectivity index (χ1) is 13.8. The van der Waals surface area contributed by atoms with Crippen molar-refractivity contribution in [3.05, 3.63) is 24.7 Å². The summed E-state index contributed by atoms with van der Waals surface area (Å²) in [6.45, 7) is -3.26. The summed E-state index contributed by atoms with van der Waals surface area (Å²) in [7, 11) is 2.66. The molecule has 0 saturated carbocycles. The number of carbonyl (C=O) groups excluding carboxylic acids is 1. The van der Waals surface area contributed by atoms with Crippen molar-refractivity contribution in [2.75, 3.05) is 32.2 Å². The molecule has 0 amide bonds. The fraction of sp³-hybridized carbons (Fsp3) is 0.467. The Kier molecular flexibility index (Phi) is 6.42. The Hall–Kier alpha value is -3.13. The number of alkyl halides is 7. The Morgan fingerprint density at radius 2 is 1.87 bits per heavy atom. The van der Waals surface area contributed by atoms with Crippen LogP contribution in [0, 0.1) is 0 Å². The van der Waals surface area contributed by atoms with E-state index in [1.54, 1.807) is 0 Å². The van der Waals surface area contributed by atoms with E-state index >= 15 is 0 Å². The molecule has 0 bridgehead atoms. The highest BCUT2D eigenvalue weighted by Gasteiger charge is 2.73. The van der Waals surface area contributed by atoms with Crippen molar-refractivity contribution in [3.8, 4) is 11.6 Å². The molecule has 2 aromatic rings. The quantitative estimate of drug-likeness (QED) is 0.456. The third-order valence-corrected chi connectivity index (χ3v) is 3.60. The third kappa shape index (κ3) is 4.88. The number of hydrogen-bond donors (Lipinski definition) is 0. The lowest BCUT2D eigenvalue weighted by Gasteiger charge is -2.27. The van der Waals surface area contributed by atoms with E-state index in [0.29, 0.717) is 5.75 Å². The highest BCUT2D eigenvalue weighted by molar-refractivity contribution is 5.74. The highest BCUT2D eigenvalue weighted by atomic mass is 19.4. The monoisotopic (exact) mass is 445 g/mol. The molecule has 0 atom stereocenters. The summed E-state index contributed by atoms with van der Waals surface area (Å²) in [4.78, 5) is 20.5. The summed E-state index contributed by atoms with van der Waals surface area (Å²) < 4.78 is 98.4. The molecular formula is C15H14F7N5O3. The molecule has 0 N–H and O–H groups in total. The summed E-state index contributed by atoms with van der Waals surface area (Å²) in [5, 5.41) is 3.96. The van der Waals surface area contributed by atoms with E-state index in [9.17, 15) is 35.5 Å². The van der Waals surface area contributed by atoms with Gasteiger partial charge >= 0.3 is 24.0 Å². The van der Waals surface area contributed by atoms with Gasteiger partial charge in [-0.1, -0.05) is 0 Å². The van der Waals surface area contributed by atoms with Crippen molar-refractivity contribution in [1.82, 2.24) is 19.7 Å². The van der Waals surface area contributed by atoms with Crippen molar-refractivity contribution >= 4 is 11.9 Å². The summed E-state index contributed by atoms with van der Waals surface area (Å²) in [6, 6.07) is 1.45. The van der Waals surface area contributed by atoms with Crippen LogP contribution in [0.4, 0.5) is 36.7 Å². The first-order valence-electron chi connectivity index (χ1n) is 7.89. The van der Waals surface area contributed by atoms with Crippen LogP contribution in [0.3, 0.4) is 0 Å². The Balaban J connectivity index is 2.02. The zero-order valence-corrected chi connectivity index (χ0v) is 15.3. The van der Waals surface area contributed by atoms with Crippen molar-refractivity contribution < 1.29 is 45.0 Å². The van der Waals surface area contributed by atoms with Crippen molar-refractivity contribution in [3.63, 3.8) is 0 Å². The molecular weight excluding hydrogens is 431 g/mol. The molecule has 2 heterocycles. The second-order valence-electron chi connectivity index (χ2n) is 5.83. The predicted octanol–water partition coefficient (Wildman–Crippen LogP) is 2.48. The van der Waals surface area contributed by atoms with E-state index < -0.39 is 37.1 Å². The van der Waals surface area contributed by atoms with E-state index in [0.717, 1.165) is 4.90 Å². The van der Waals surface area contributed by atoms with E-state index in [-0.39, 0.29) is 11.8 Å². The van der Waals surface area contributed by atoms with Gasteiger partial charge in [-0.3, -0.25) is 4.79 Å². The summed E-state index contributed by atoms with van der Waals surface area (Å²) in [5.74, 6) is -13.0. The first kappa shape index (κ1) is 23.2. The lowest BCUT2D eigenvalue weighted by Crippen LogP contribution is -2.54. The molecule has 0 aromatic carbocycles. The zero-order valence-electron chi connectivity index (χ0n) is 15.3. The molecule has 0 spiro atoms. The first-order valence-corrected chi connectivity index (χ1v) is 7.89. The Labute approximate surface area is 164 Å². The number of rotatable bonds is 8. The van der Waals surface area contributed by atoms with Crippen LogP contribution < -0.4 is 9.64 Å². The van der Waals surface area contributed by atoms with Crippen molar-refractivity contribution in [1.29, 1.82) is 0 Å². The average Bonchev–Trinajstić information content (AvgIpc) is 3.15. The third-order valence-electron chi connectivity index (χ3n) is 3.60. The molecule has 0 aliphatic carbocycles. The van der Waals surface area contributed by atoms with Gasteiger partial charge < -0.3 is 14.4 Å². The van der Waals surface area contributed by atoms with Crippen LogP contribution in [0.1, 0.15) is 0 Å². The van der Waals surface area contributed by atoms with E-state index in [1.165, 1.54) is 43.5 Å². The molecule has 2 rings (SSSR count). The maximum Gasteiger partial charge on any atom is 0.460 e. The number of methoxy groups -OCH3 is 1. The van der Waals surface area contributed by atoms with Gasteiger partial charge in [0, 0.05) is 19.3 Å². The van der Waals surface area contributed by atoms with Gasteiger partial charge in [0.15, 0.2) is 18.2 Å². The Morgan fingerprint density at radius 3 is 2.43 bits per heavy atom. The van der Waals surface area contributed by atoms with Crippen LogP contribution in [0.15, 0.2) is 24.7 Å². The Bertz CT molecular complexity index is 888. The number of nitrogens with zero attached hydrogens (tertiary/aromatic N) is 5. The summed E-state index contributed by atoms with van der Waals surface area (Å²) in [5.41, 5.74) is 0. The summed E-state index contributed by atoms with van der Waals surface area (Å²) in [6.07, 6.45) is -2.36. The molecule has 166 valence electrons. The number of likely N-dealkylation sites (N-methyl/N-ethyl adjacent to an activating group) is 1. The fourth-order valence-corrected chi connectivity index (χ4v) is 1.97. The molecule has 0 fully saturated rings. The number of anilines is 1. The van der Waals surface area contributed by atoms with Crippen LogP contribution in [-0.4, -0.2) is 71.0 Å². The average molecular weight is 445 g/mol. The molecule has 30 heavy (non-hydrogen) atoms. The maximum absolute atomic E-state index is 13.2. The fourth-order valence-electron chi connectivity index (χ4n) is 1.97. The number of ether oxygens (including phenoxy) is 2. The van der Waals surface area contributed by atoms with Gasteiger partial charge in [-0.25, -0.2) is 9.67 Å². The molecule has 0 saturated heterocycles. The van der Waals surface area contributed by atoms with Gasteiger partial charge in [-0.05, 0) is 0 Å². The van der Waals surface area contributed by atoms with Gasteiger partial charge in [-0.15, -0.1) is 0 Å². The normalized spacial score (nSPS) is 12.6. The van der Waals surface area contributed by atoms with Crippen LogP contribution in [-0.2, 0) is 9.53 Å². The number of aromatic nitrogens is 4. The van der Waals surface area contributed by atoms with Gasteiger partial charge in [0.25, 0.3) is 0 Å². The van der Waals surface area contributed by atoms with E-state index in [1.807, 2.05) is 0 Å². The molecule has 0 aliphatic heterocycles. The van der Waals surface area contributed by atoms with E-state index in [4.69, 9.17) is 4.74 Å². The Morgan fingerprint density at radius 1 is 1.20 bits per heavy atom. The van der Waals surface area contributed by atoms with Crippen LogP contribution in [0.2, 0.25) is 0 Å². The largest absolute Gasteiger partial charge is 0.493 e. The lowest BCUT2D eigenvalue weighted by molar-refractivity contribution is -0.359. The molecule has 15 heteroatoms. The minimum absolute atomic E-state index is 0.105. The van der Waals surface area contributed by atoms with Gasteiger partial charge in [0.1, 0.15) is 6.54 Å². The minimum atomic E-state index is -6.51. The molecule has 0 aliphatic rings. The van der Waals surface area contributed by atoms with Gasteiger partial charge in [0.05, 0.1) is 19.5 Å². The molecule has 0 unspecified atom stereocenters. The van der Waals surface area contributed by atoms with Crippen LogP contribution in [0.25, 0.3) is 5.82 Å².